The van der Waals surface area contributed by atoms with E-state index in [1.807, 2.05) is 50.2 Å². The van der Waals surface area contributed by atoms with Gasteiger partial charge < -0.3 is 18.9 Å². The number of carbonyl (C=O) groups is 4. The molecular weight excluding hydrogens is 679 g/mol. The molecule has 0 aromatic heterocycles. The minimum absolute atomic E-state index is 0.00729. The molecule has 2 atom stereocenters. The Bertz CT molecular complexity index is 1380. The largest absolute Gasteiger partial charge is 0.492 e. The number of ketones is 2. The van der Waals surface area contributed by atoms with Crippen LogP contribution in [0, 0.1) is 11.8 Å². The standard InChI is InChI=1S/2C20H25ClO4/c2*1-2-24-18-8-7-14(11-17(18)21)9-10-20(15-5-3-4-6-15)13-16(22)12-19(23)25-20/h2*7-8,11,15H,2-6,9-10,12-13H2,1H3. The van der Waals surface area contributed by atoms with Crippen LogP contribution in [0.4, 0.5) is 0 Å². The smallest absolute Gasteiger partial charge is 0.313 e. The highest BCUT2D eigenvalue weighted by atomic mass is 35.5. The maximum Gasteiger partial charge on any atom is 0.313 e. The van der Waals surface area contributed by atoms with Gasteiger partial charge in [0.15, 0.2) is 0 Å². The zero-order valence-corrected chi connectivity index (χ0v) is 30.9. The monoisotopic (exact) mass is 728 g/mol. The molecule has 0 N–H and O–H groups in total. The predicted octanol–water partition coefficient (Wildman–Crippen LogP) is 9.01. The minimum atomic E-state index is -0.631. The number of rotatable bonds is 12. The van der Waals surface area contributed by atoms with E-state index >= 15 is 0 Å². The summed E-state index contributed by atoms with van der Waals surface area (Å²) in [6.07, 6.45) is 12.0. The molecule has 2 aromatic rings. The van der Waals surface area contributed by atoms with Crippen molar-refractivity contribution in [3.05, 3.63) is 57.6 Å². The molecule has 0 bridgehead atoms. The van der Waals surface area contributed by atoms with E-state index in [9.17, 15) is 19.2 Å². The van der Waals surface area contributed by atoms with Crippen molar-refractivity contribution >= 4 is 46.7 Å². The second-order valence-corrected chi connectivity index (χ2v) is 15.0. The van der Waals surface area contributed by atoms with Crippen LogP contribution >= 0.6 is 23.2 Å². The summed E-state index contributed by atoms with van der Waals surface area (Å²) in [6.45, 7) is 4.98. The van der Waals surface area contributed by atoms with Gasteiger partial charge in [-0.2, -0.15) is 0 Å². The van der Waals surface area contributed by atoms with E-state index in [0.717, 1.165) is 75.3 Å². The molecular formula is C40H50Cl2O8. The highest BCUT2D eigenvalue weighted by Crippen LogP contribution is 2.45. The van der Waals surface area contributed by atoms with E-state index < -0.39 is 11.2 Å². The maximum absolute atomic E-state index is 12.1. The lowest BCUT2D eigenvalue weighted by Gasteiger charge is -2.41. The summed E-state index contributed by atoms with van der Waals surface area (Å²) in [7, 11) is 0. The molecule has 4 fully saturated rings. The summed E-state index contributed by atoms with van der Waals surface area (Å²) >= 11 is 12.5. The van der Waals surface area contributed by atoms with Crippen LogP contribution in [0.5, 0.6) is 11.5 Å². The molecule has 2 aromatic carbocycles. The van der Waals surface area contributed by atoms with Crippen molar-refractivity contribution in [2.75, 3.05) is 13.2 Å². The molecule has 4 aliphatic rings. The van der Waals surface area contributed by atoms with Gasteiger partial charge in [-0.05, 0) is 112 Å². The molecule has 2 saturated heterocycles. The van der Waals surface area contributed by atoms with E-state index in [2.05, 4.69) is 0 Å². The van der Waals surface area contributed by atoms with Gasteiger partial charge in [0.2, 0.25) is 0 Å². The van der Waals surface area contributed by atoms with E-state index in [1.54, 1.807) is 0 Å². The molecule has 6 rings (SSSR count). The number of cyclic esters (lactones) is 2. The van der Waals surface area contributed by atoms with Crippen molar-refractivity contribution in [3.63, 3.8) is 0 Å². The van der Waals surface area contributed by atoms with Gasteiger partial charge in [0.1, 0.15) is 47.1 Å². The van der Waals surface area contributed by atoms with Gasteiger partial charge >= 0.3 is 11.9 Å². The van der Waals surface area contributed by atoms with Crippen molar-refractivity contribution in [2.45, 2.75) is 128 Å². The zero-order chi connectivity index (χ0) is 35.7. The number of hydrogen-bond donors (Lipinski definition) is 0. The Balaban J connectivity index is 0.000000194. The average molecular weight is 730 g/mol. The van der Waals surface area contributed by atoms with E-state index in [-0.39, 0.29) is 36.3 Å². The van der Waals surface area contributed by atoms with E-state index in [0.29, 0.717) is 72.3 Å². The Hall–Kier alpha value is -3.10. The number of Topliss-reactive ketones (excluding diaryl/α,β-unsaturated/α-hetero) is 2. The van der Waals surface area contributed by atoms with Crippen molar-refractivity contribution in [1.82, 2.24) is 0 Å². The fourth-order valence-electron chi connectivity index (χ4n) is 8.42. The summed E-state index contributed by atoms with van der Waals surface area (Å²) in [6, 6.07) is 11.5. The number of benzene rings is 2. The van der Waals surface area contributed by atoms with Crippen molar-refractivity contribution in [3.8, 4) is 11.5 Å². The maximum atomic E-state index is 12.1. The van der Waals surface area contributed by atoms with E-state index in [1.165, 1.54) is 0 Å². The fourth-order valence-corrected chi connectivity index (χ4v) is 8.93. The molecule has 2 aliphatic carbocycles. The minimum Gasteiger partial charge on any atom is -0.492 e. The number of halogens is 2. The van der Waals surface area contributed by atoms with Crippen molar-refractivity contribution < 1.29 is 38.1 Å². The van der Waals surface area contributed by atoms with Crippen molar-refractivity contribution in [1.29, 1.82) is 0 Å². The van der Waals surface area contributed by atoms with Gasteiger partial charge in [0.05, 0.1) is 23.3 Å². The van der Waals surface area contributed by atoms with Gasteiger partial charge in [-0.25, -0.2) is 0 Å². The van der Waals surface area contributed by atoms with Crippen LogP contribution in [0.2, 0.25) is 10.0 Å². The molecule has 8 nitrogen and oxygen atoms in total. The lowest BCUT2D eigenvalue weighted by atomic mass is 9.76. The van der Waals surface area contributed by atoms with Gasteiger partial charge in [0, 0.05) is 12.8 Å². The number of esters is 2. The third kappa shape index (κ3) is 9.61. The topological polar surface area (TPSA) is 105 Å². The van der Waals surface area contributed by atoms with Gasteiger partial charge in [-0.15, -0.1) is 0 Å². The molecule has 2 aliphatic heterocycles. The first-order valence-corrected chi connectivity index (χ1v) is 19.1. The van der Waals surface area contributed by atoms with Crippen LogP contribution in [0.1, 0.15) is 115 Å². The molecule has 2 unspecified atom stereocenters. The van der Waals surface area contributed by atoms with Crippen LogP contribution in [0.15, 0.2) is 36.4 Å². The van der Waals surface area contributed by atoms with Crippen LogP contribution < -0.4 is 9.47 Å². The third-order valence-electron chi connectivity index (χ3n) is 10.8. The fraction of sp³-hybridized carbons (Fsp3) is 0.600. The van der Waals surface area contributed by atoms with Gasteiger partial charge in [0.25, 0.3) is 0 Å². The summed E-state index contributed by atoms with van der Waals surface area (Å²) < 4.78 is 22.6. The Labute approximate surface area is 305 Å². The Morgan fingerprint density at radius 3 is 1.34 bits per heavy atom. The zero-order valence-electron chi connectivity index (χ0n) is 29.4. The van der Waals surface area contributed by atoms with E-state index in [4.69, 9.17) is 42.1 Å². The first kappa shape index (κ1) is 38.1. The Morgan fingerprint density at radius 2 is 1.02 bits per heavy atom. The molecule has 0 radical (unpaired) electrons. The number of hydrogen-bond acceptors (Lipinski definition) is 8. The first-order chi connectivity index (χ1) is 24.0. The van der Waals surface area contributed by atoms with Crippen molar-refractivity contribution in [2.24, 2.45) is 11.8 Å². The summed E-state index contributed by atoms with van der Waals surface area (Å²) in [5, 5.41) is 1.18. The first-order valence-electron chi connectivity index (χ1n) is 18.3. The van der Waals surface area contributed by atoms with Crippen LogP contribution in [-0.4, -0.2) is 47.9 Å². The second kappa shape index (κ2) is 17.4. The SMILES string of the molecule is CCOc1ccc(CCC2(C3CCCC3)CC(=O)CC(=O)O2)cc1Cl.CCOc1ccc(CCC2(C3CCCC3)CC(=O)CC(=O)O2)cc1Cl. The molecule has 50 heavy (non-hydrogen) atoms. The highest BCUT2D eigenvalue weighted by molar-refractivity contribution is 6.32. The van der Waals surface area contributed by atoms with Crippen LogP contribution in [0.25, 0.3) is 0 Å². The summed E-state index contributed by atoms with van der Waals surface area (Å²) in [5.74, 6) is 1.22. The van der Waals surface area contributed by atoms with Gasteiger partial charge in [-0.3, -0.25) is 19.2 Å². The normalized spacial score (nSPS) is 24.4. The lowest BCUT2D eigenvalue weighted by molar-refractivity contribution is -0.180. The van der Waals surface area contributed by atoms with Gasteiger partial charge in [-0.1, -0.05) is 61.0 Å². The predicted molar refractivity (Wildman–Crippen MR) is 192 cm³/mol. The average Bonchev–Trinajstić information content (AvgIpc) is 3.81. The summed E-state index contributed by atoms with van der Waals surface area (Å²) in [4.78, 5) is 48.1. The number of ether oxygens (including phenoxy) is 4. The molecule has 2 heterocycles. The lowest BCUT2D eigenvalue weighted by Crippen LogP contribution is -2.48. The molecule has 272 valence electrons. The Morgan fingerprint density at radius 1 is 0.640 bits per heavy atom. The number of aryl methyl sites for hydroxylation is 2. The molecule has 10 heteroatoms. The van der Waals surface area contributed by atoms with Crippen LogP contribution in [-0.2, 0) is 41.5 Å². The summed E-state index contributed by atoms with van der Waals surface area (Å²) in [5.41, 5.74) is 0.877. The molecule has 2 saturated carbocycles. The second-order valence-electron chi connectivity index (χ2n) is 14.2. The quantitative estimate of drug-likeness (QED) is 0.158. The van der Waals surface area contributed by atoms with Crippen LogP contribution in [0.3, 0.4) is 0 Å². The third-order valence-corrected chi connectivity index (χ3v) is 11.4. The number of carbonyl (C=O) groups excluding carboxylic acids is 4. The highest BCUT2D eigenvalue weighted by Gasteiger charge is 2.49. The Kier molecular flexibility index (Phi) is 13.3. The molecule has 0 amide bonds. The molecule has 0 spiro atoms.